The number of imidazole rings is 2. The van der Waals surface area contributed by atoms with Crippen LogP contribution in [-0.2, 0) is 25.9 Å². The van der Waals surface area contributed by atoms with Crippen LogP contribution in [0.5, 0.6) is 23.0 Å². The molecule has 0 aliphatic heterocycles. The third-order valence-corrected chi connectivity index (χ3v) is 13.8. The summed E-state index contributed by atoms with van der Waals surface area (Å²) in [6.45, 7) is 9.26. The summed E-state index contributed by atoms with van der Waals surface area (Å²) < 4.78 is 110. The molecule has 16 heteroatoms. The summed E-state index contributed by atoms with van der Waals surface area (Å²) >= 11 is 6.95. The van der Waals surface area contributed by atoms with E-state index < -0.39 is 31.4 Å². The molecular formula is C48H42ClF3N4O6S2. The maximum Gasteiger partial charge on any atom is 0.420 e. The van der Waals surface area contributed by atoms with Crippen molar-refractivity contribution in [2.24, 2.45) is 0 Å². The number of hydrogen-bond acceptors (Lipinski definition) is 8. The zero-order valence-corrected chi connectivity index (χ0v) is 37.9. The molecule has 64 heavy (non-hydrogen) atoms. The molecule has 4 aromatic heterocycles. The lowest BCUT2D eigenvalue weighted by Crippen LogP contribution is -2.09. The summed E-state index contributed by atoms with van der Waals surface area (Å²) in [6, 6.07) is 29.0. The van der Waals surface area contributed by atoms with E-state index in [-0.39, 0.29) is 43.6 Å². The first-order chi connectivity index (χ1) is 30.2. The molecule has 0 saturated carbocycles. The van der Waals surface area contributed by atoms with E-state index in [1.54, 1.807) is 90.4 Å². The van der Waals surface area contributed by atoms with Crippen LogP contribution < -0.4 is 9.47 Å². The van der Waals surface area contributed by atoms with Crippen molar-refractivity contribution in [1.82, 2.24) is 18.8 Å². The van der Waals surface area contributed by atoms with Gasteiger partial charge in [0.05, 0.1) is 48.9 Å². The van der Waals surface area contributed by atoms with Crippen LogP contribution in [0.15, 0.2) is 131 Å². The number of sulfone groups is 2. The minimum Gasteiger partial charge on any atom is -0.457 e. The number of ether oxygens (including phenoxy) is 2. The molecule has 0 radical (unpaired) electrons. The molecule has 0 aliphatic carbocycles. The predicted octanol–water partition coefficient (Wildman–Crippen LogP) is 12.7. The molecule has 0 spiro atoms. The van der Waals surface area contributed by atoms with Gasteiger partial charge in [-0.05, 0) is 109 Å². The Labute approximate surface area is 373 Å². The highest BCUT2D eigenvalue weighted by Crippen LogP contribution is 2.42. The molecule has 10 nitrogen and oxygen atoms in total. The van der Waals surface area contributed by atoms with Gasteiger partial charge in [-0.2, -0.15) is 13.2 Å². The van der Waals surface area contributed by atoms with Crippen molar-refractivity contribution < 1.29 is 39.5 Å². The summed E-state index contributed by atoms with van der Waals surface area (Å²) in [7, 11) is -6.91. The molecule has 0 bridgehead atoms. The van der Waals surface area contributed by atoms with Crippen LogP contribution >= 0.6 is 11.6 Å². The van der Waals surface area contributed by atoms with E-state index in [1.165, 1.54) is 28.7 Å². The molecule has 0 aliphatic rings. The third-order valence-electron chi connectivity index (χ3n) is 10.7. The molecule has 4 aromatic carbocycles. The first kappa shape index (κ1) is 44.4. The van der Waals surface area contributed by atoms with Gasteiger partial charge in [0.1, 0.15) is 28.6 Å². The van der Waals surface area contributed by atoms with Crippen molar-refractivity contribution in [2.45, 2.75) is 62.4 Å². The Balaban J connectivity index is 1.22. The maximum atomic E-state index is 15.1. The van der Waals surface area contributed by atoms with Gasteiger partial charge in [0.2, 0.25) is 0 Å². The van der Waals surface area contributed by atoms with E-state index in [0.717, 1.165) is 17.9 Å². The third kappa shape index (κ3) is 8.71. The van der Waals surface area contributed by atoms with Crippen molar-refractivity contribution in [3.05, 3.63) is 144 Å². The largest absolute Gasteiger partial charge is 0.457 e. The number of aromatic nitrogens is 4. The topological polar surface area (TPSA) is 121 Å². The first-order valence-electron chi connectivity index (χ1n) is 20.3. The van der Waals surface area contributed by atoms with E-state index >= 15 is 13.2 Å². The molecule has 4 heterocycles. The molecule has 8 aromatic rings. The fourth-order valence-electron chi connectivity index (χ4n) is 7.49. The monoisotopic (exact) mass is 926 g/mol. The highest BCUT2D eigenvalue weighted by molar-refractivity contribution is 7.91. The molecule has 0 unspecified atom stereocenters. The van der Waals surface area contributed by atoms with Gasteiger partial charge in [0, 0.05) is 40.9 Å². The lowest BCUT2D eigenvalue weighted by atomic mass is 10.0. The van der Waals surface area contributed by atoms with Gasteiger partial charge in [0.15, 0.2) is 25.3 Å². The Morgan fingerprint density at radius 2 is 1.06 bits per heavy atom. The normalized spacial score (nSPS) is 12.5. The Kier molecular flexibility index (Phi) is 11.6. The number of nitrogens with zero attached hydrogens (tertiary/aromatic N) is 4. The zero-order valence-electron chi connectivity index (χ0n) is 35.5. The van der Waals surface area contributed by atoms with Gasteiger partial charge in [-0.25, -0.2) is 26.8 Å². The van der Waals surface area contributed by atoms with Crippen LogP contribution in [0.2, 0.25) is 5.02 Å². The van der Waals surface area contributed by atoms with Crippen LogP contribution in [-0.4, -0.2) is 47.6 Å². The van der Waals surface area contributed by atoms with Gasteiger partial charge < -0.3 is 9.47 Å². The molecule has 0 atom stereocenters. The second-order valence-corrected chi connectivity index (χ2v) is 20.7. The molecule has 0 saturated heterocycles. The highest BCUT2D eigenvalue weighted by Gasteiger charge is 2.36. The molecule has 0 fully saturated rings. The van der Waals surface area contributed by atoms with E-state index in [4.69, 9.17) is 26.1 Å². The number of alkyl halides is 3. The SMILES string of the molecule is CCS(=O)(=O)c1cccc(Oc2ccc(-c3c(C(C)C)nc4c(C(F)(F)F)cc(-c5cc(Cl)c6nc(C(C)C)c(-c7ccc(Oc8cccc(S(C)(=O)=O)c8)cc7)n6c5)cn34)cc2)c1. The Bertz CT molecular complexity index is 3310. The van der Waals surface area contributed by atoms with E-state index in [0.29, 0.717) is 62.5 Å². The van der Waals surface area contributed by atoms with Crippen molar-refractivity contribution in [1.29, 1.82) is 0 Å². The molecular weight excluding hydrogens is 885 g/mol. The standard InChI is InChI=1S/C48H42ClF3N4O6S2/c1-7-64(59,60)39-13-9-11-37(25-39)62-35-18-14-30(15-19-35)44-42(28(2)3)53-46-40(48(50,51)52)22-32(26-55(44)46)33-23-41(49)47-54-43(29(4)5)45(56(47)27-33)31-16-20-34(21-17-31)61-36-10-8-12-38(24-36)63(6,57)58/h8-29H,7H2,1-6H3. The minimum absolute atomic E-state index is 0.0628. The van der Waals surface area contributed by atoms with Crippen LogP contribution in [0.3, 0.4) is 0 Å². The average Bonchev–Trinajstić information content (AvgIpc) is 3.84. The Morgan fingerprint density at radius 3 is 1.53 bits per heavy atom. The van der Waals surface area contributed by atoms with Gasteiger partial charge >= 0.3 is 6.18 Å². The number of halogens is 4. The number of pyridine rings is 2. The van der Waals surface area contributed by atoms with Crippen molar-refractivity contribution in [2.75, 3.05) is 12.0 Å². The average molecular weight is 927 g/mol. The van der Waals surface area contributed by atoms with Crippen LogP contribution in [0, 0.1) is 0 Å². The second kappa shape index (κ2) is 16.8. The van der Waals surface area contributed by atoms with E-state index in [2.05, 4.69) is 4.98 Å². The number of benzene rings is 4. The Hall–Kier alpha value is -6.16. The predicted molar refractivity (Wildman–Crippen MR) is 242 cm³/mol. The van der Waals surface area contributed by atoms with Crippen molar-refractivity contribution in [3.63, 3.8) is 0 Å². The lowest BCUT2D eigenvalue weighted by molar-refractivity contribution is -0.136. The van der Waals surface area contributed by atoms with Gasteiger partial charge in [-0.3, -0.25) is 8.80 Å². The van der Waals surface area contributed by atoms with Crippen LogP contribution in [0.1, 0.15) is 63.4 Å². The van der Waals surface area contributed by atoms with Gasteiger partial charge in [-0.1, -0.05) is 58.4 Å². The summed E-state index contributed by atoms with van der Waals surface area (Å²) in [5, 5.41) is 0.229. The number of hydrogen-bond donors (Lipinski definition) is 0. The molecule has 0 amide bonds. The first-order valence-corrected chi connectivity index (χ1v) is 24.2. The van der Waals surface area contributed by atoms with E-state index in [9.17, 15) is 16.8 Å². The minimum atomic E-state index is -4.78. The van der Waals surface area contributed by atoms with Crippen LogP contribution in [0.25, 0.3) is 44.9 Å². The van der Waals surface area contributed by atoms with Gasteiger partial charge in [-0.15, -0.1) is 0 Å². The fourth-order valence-corrected chi connectivity index (χ4v) is 9.31. The Morgan fingerprint density at radius 1 is 0.609 bits per heavy atom. The summed E-state index contributed by atoms with van der Waals surface area (Å²) in [5.74, 6) is 1.12. The zero-order chi connectivity index (χ0) is 45.9. The molecule has 0 N–H and O–H groups in total. The number of fused-ring (bicyclic) bond motifs is 2. The fraction of sp³-hybridized carbons (Fsp3) is 0.208. The highest BCUT2D eigenvalue weighted by atomic mass is 35.5. The second-order valence-electron chi connectivity index (χ2n) is 16.0. The number of rotatable bonds is 12. The van der Waals surface area contributed by atoms with Crippen LogP contribution in [0.4, 0.5) is 13.2 Å². The summed E-state index contributed by atoms with van der Waals surface area (Å²) in [6.07, 6.45) is -0.296. The lowest BCUT2D eigenvalue weighted by Gasteiger charge is -2.15. The summed E-state index contributed by atoms with van der Waals surface area (Å²) in [5.41, 5.74) is 3.49. The quantitative estimate of drug-likeness (QED) is 0.119. The van der Waals surface area contributed by atoms with E-state index in [1.807, 2.05) is 39.8 Å². The maximum absolute atomic E-state index is 15.1. The summed E-state index contributed by atoms with van der Waals surface area (Å²) in [4.78, 5) is 9.74. The molecule has 330 valence electrons. The smallest absolute Gasteiger partial charge is 0.420 e. The molecule has 8 rings (SSSR count). The van der Waals surface area contributed by atoms with Crippen molar-refractivity contribution >= 4 is 42.6 Å². The van der Waals surface area contributed by atoms with Crippen molar-refractivity contribution in [3.8, 4) is 56.6 Å². The van der Waals surface area contributed by atoms with Gasteiger partial charge in [0.25, 0.3) is 0 Å².